The zero-order chi connectivity index (χ0) is 11.4. The third-order valence-electron chi connectivity index (χ3n) is 2.32. The molecule has 15 heavy (non-hydrogen) atoms. The van der Waals surface area contributed by atoms with Crippen LogP contribution in [0.5, 0.6) is 0 Å². The molecule has 0 saturated carbocycles. The van der Waals surface area contributed by atoms with Crippen LogP contribution in [-0.2, 0) is 11.2 Å². The molecule has 82 valence electrons. The summed E-state index contributed by atoms with van der Waals surface area (Å²) in [4.78, 5) is 10.8. The Bertz CT molecular complexity index is 366. The summed E-state index contributed by atoms with van der Waals surface area (Å²) in [5.74, 6) is -1.72. The van der Waals surface area contributed by atoms with Crippen LogP contribution in [0.15, 0.2) is 18.2 Å². The smallest absolute Gasteiger partial charge is 0.306 e. The zero-order valence-electron chi connectivity index (χ0n) is 8.34. The Morgan fingerprint density at radius 1 is 1.60 bits per heavy atom. The van der Waals surface area contributed by atoms with E-state index in [-0.39, 0.29) is 5.02 Å². The fourth-order valence-electron chi connectivity index (χ4n) is 1.36. The van der Waals surface area contributed by atoms with Crippen molar-refractivity contribution >= 4 is 17.6 Å². The molecule has 1 aromatic carbocycles. The maximum atomic E-state index is 12.7. The lowest BCUT2D eigenvalue weighted by Crippen LogP contribution is -2.15. The first-order valence-corrected chi connectivity index (χ1v) is 5.09. The van der Waals surface area contributed by atoms with E-state index in [0.29, 0.717) is 18.4 Å². The quantitative estimate of drug-likeness (QED) is 0.863. The SMILES string of the molecule is CCC(Cc1ccc(F)cc1Cl)C(=O)O. The Morgan fingerprint density at radius 2 is 2.27 bits per heavy atom. The molecule has 0 amide bonds. The van der Waals surface area contributed by atoms with Crippen LogP contribution in [0.3, 0.4) is 0 Å². The van der Waals surface area contributed by atoms with E-state index in [4.69, 9.17) is 16.7 Å². The van der Waals surface area contributed by atoms with Gasteiger partial charge in [-0.15, -0.1) is 0 Å². The number of carboxylic acids is 1. The summed E-state index contributed by atoms with van der Waals surface area (Å²) in [6.45, 7) is 1.80. The average Bonchev–Trinajstić information content (AvgIpc) is 2.16. The van der Waals surface area contributed by atoms with Gasteiger partial charge in [-0.2, -0.15) is 0 Å². The molecular formula is C11H12ClFO2. The third-order valence-corrected chi connectivity index (χ3v) is 2.68. The molecule has 1 unspecified atom stereocenters. The van der Waals surface area contributed by atoms with Gasteiger partial charge in [0.1, 0.15) is 5.82 Å². The van der Waals surface area contributed by atoms with Crippen LogP contribution in [0, 0.1) is 11.7 Å². The van der Waals surface area contributed by atoms with Crippen molar-refractivity contribution in [3.05, 3.63) is 34.6 Å². The highest BCUT2D eigenvalue weighted by molar-refractivity contribution is 6.31. The summed E-state index contributed by atoms with van der Waals surface area (Å²) in [7, 11) is 0. The highest BCUT2D eigenvalue weighted by atomic mass is 35.5. The number of rotatable bonds is 4. The van der Waals surface area contributed by atoms with Gasteiger partial charge in [-0.05, 0) is 30.5 Å². The van der Waals surface area contributed by atoms with Crippen LogP contribution in [0.25, 0.3) is 0 Å². The van der Waals surface area contributed by atoms with Crippen molar-refractivity contribution in [2.24, 2.45) is 5.92 Å². The molecule has 0 aliphatic rings. The van der Waals surface area contributed by atoms with Gasteiger partial charge in [-0.25, -0.2) is 4.39 Å². The molecule has 4 heteroatoms. The van der Waals surface area contributed by atoms with Crippen molar-refractivity contribution < 1.29 is 14.3 Å². The highest BCUT2D eigenvalue weighted by Gasteiger charge is 2.17. The summed E-state index contributed by atoms with van der Waals surface area (Å²) < 4.78 is 12.7. The highest BCUT2D eigenvalue weighted by Crippen LogP contribution is 2.21. The minimum Gasteiger partial charge on any atom is -0.481 e. The van der Waals surface area contributed by atoms with Crippen LogP contribution in [-0.4, -0.2) is 11.1 Å². The van der Waals surface area contributed by atoms with E-state index in [1.54, 1.807) is 6.92 Å². The second-order valence-electron chi connectivity index (χ2n) is 3.38. The second kappa shape index (κ2) is 5.12. The molecule has 0 aliphatic heterocycles. The van der Waals surface area contributed by atoms with E-state index >= 15 is 0 Å². The van der Waals surface area contributed by atoms with Crippen molar-refractivity contribution in [3.8, 4) is 0 Å². The number of carboxylic acid groups (broad SMARTS) is 1. The topological polar surface area (TPSA) is 37.3 Å². The first-order valence-electron chi connectivity index (χ1n) is 4.71. The van der Waals surface area contributed by atoms with Crippen LogP contribution < -0.4 is 0 Å². The van der Waals surface area contributed by atoms with Gasteiger partial charge in [0.05, 0.1) is 5.92 Å². The Labute approximate surface area is 92.7 Å². The minimum atomic E-state index is -0.849. The Morgan fingerprint density at radius 3 is 2.73 bits per heavy atom. The number of halogens is 2. The van der Waals surface area contributed by atoms with Gasteiger partial charge in [-0.1, -0.05) is 24.6 Å². The van der Waals surface area contributed by atoms with Gasteiger partial charge in [-0.3, -0.25) is 4.79 Å². The van der Waals surface area contributed by atoms with Crippen molar-refractivity contribution in [2.75, 3.05) is 0 Å². The van der Waals surface area contributed by atoms with E-state index in [1.165, 1.54) is 18.2 Å². The Kier molecular flexibility index (Phi) is 4.09. The second-order valence-corrected chi connectivity index (χ2v) is 3.79. The normalized spacial score (nSPS) is 12.5. The molecule has 0 fully saturated rings. The van der Waals surface area contributed by atoms with Gasteiger partial charge in [0.15, 0.2) is 0 Å². The molecule has 0 radical (unpaired) electrons. The van der Waals surface area contributed by atoms with Gasteiger partial charge in [0.2, 0.25) is 0 Å². The molecule has 1 rings (SSSR count). The van der Waals surface area contributed by atoms with E-state index in [1.807, 2.05) is 0 Å². The summed E-state index contributed by atoms with van der Waals surface area (Å²) >= 11 is 5.80. The van der Waals surface area contributed by atoms with Crippen LogP contribution in [0.4, 0.5) is 4.39 Å². The summed E-state index contributed by atoms with van der Waals surface area (Å²) in [5.41, 5.74) is 0.673. The minimum absolute atomic E-state index is 0.287. The van der Waals surface area contributed by atoms with Crippen molar-refractivity contribution in [1.29, 1.82) is 0 Å². The Hall–Kier alpha value is -1.09. The largest absolute Gasteiger partial charge is 0.481 e. The molecule has 1 aromatic rings. The maximum Gasteiger partial charge on any atom is 0.306 e. The van der Waals surface area contributed by atoms with E-state index < -0.39 is 17.7 Å². The fraction of sp³-hybridized carbons (Fsp3) is 0.364. The third kappa shape index (κ3) is 3.20. The van der Waals surface area contributed by atoms with Crippen molar-refractivity contribution in [3.63, 3.8) is 0 Å². The average molecular weight is 231 g/mol. The number of hydrogen-bond donors (Lipinski definition) is 1. The van der Waals surface area contributed by atoms with Crippen molar-refractivity contribution in [2.45, 2.75) is 19.8 Å². The van der Waals surface area contributed by atoms with Gasteiger partial charge in [0, 0.05) is 5.02 Å². The molecule has 0 heterocycles. The standard InChI is InChI=1S/C11H12ClFO2/c1-2-7(11(14)15)5-8-3-4-9(13)6-10(8)12/h3-4,6-7H,2,5H2,1H3,(H,14,15). The monoisotopic (exact) mass is 230 g/mol. The predicted molar refractivity (Wildman–Crippen MR) is 56.5 cm³/mol. The predicted octanol–water partition coefficient (Wildman–Crippen LogP) is 3.13. The van der Waals surface area contributed by atoms with Crippen LogP contribution in [0.2, 0.25) is 5.02 Å². The van der Waals surface area contributed by atoms with E-state index in [2.05, 4.69) is 0 Å². The van der Waals surface area contributed by atoms with Crippen molar-refractivity contribution in [1.82, 2.24) is 0 Å². The van der Waals surface area contributed by atoms with Crippen LogP contribution in [0.1, 0.15) is 18.9 Å². The molecule has 1 N–H and O–H groups in total. The van der Waals surface area contributed by atoms with E-state index in [0.717, 1.165) is 0 Å². The van der Waals surface area contributed by atoms with Gasteiger partial charge in [0.25, 0.3) is 0 Å². The molecular weight excluding hydrogens is 219 g/mol. The van der Waals surface area contributed by atoms with Gasteiger partial charge < -0.3 is 5.11 Å². The lowest BCUT2D eigenvalue weighted by Gasteiger charge is -2.10. The fourth-order valence-corrected chi connectivity index (χ4v) is 1.60. The molecule has 1 atom stereocenters. The lowest BCUT2D eigenvalue weighted by atomic mass is 9.97. The van der Waals surface area contributed by atoms with Gasteiger partial charge >= 0.3 is 5.97 Å². The molecule has 2 nitrogen and oxygen atoms in total. The lowest BCUT2D eigenvalue weighted by molar-refractivity contribution is -0.141. The molecule has 0 saturated heterocycles. The number of aliphatic carboxylic acids is 1. The first kappa shape index (κ1) is 12.0. The Balaban J connectivity index is 2.84. The number of carbonyl (C=O) groups is 1. The number of hydrogen-bond acceptors (Lipinski definition) is 1. The molecule has 0 bridgehead atoms. The summed E-state index contributed by atoms with van der Waals surface area (Å²) in [6, 6.07) is 4.02. The maximum absolute atomic E-state index is 12.7. The first-order chi connectivity index (χ1) is 7.04. The summed E-state index contributed by atoms with van der Waals surface area (Å²) in [6.07, 6.45) is 0.869. The molecule has 0 spiro atoms. The summed E-state index contributed by atoms with van der Waals surface area (Å²) in [5, 5.41) is 9.15. The molecule has 0 aliphatic carbocycles. The van der Waals surface area contributed by atoms with Crippen LogP contribution >= 0.6 is 11.6 Å². The van der Waals surface area contributed by atoms with E-state index in [9.17, 15) is 9.18 Å². The number of benzene rings is 1. The zero-order valence-corrected chi connectivity index (χ0v) is 9.09. The molecule has 0 aromatic heterocycles.